The Morgan fingerprint density at radius 1 is 1.03 bits per heavy atom. The molecule has 1 N–H and O–H groups in total. The van der Waals surface area contributed by atoms with Crippen LogP contribution in [0.5, 0.6) is 5.75 Å². The summed E-state index contributed by atoms with van der Waals surface area (Å²) < 4.78 is 7.48. The molecule has 2 aromatic heterocycles. The number of rotatable bonds is 9. The smallest absolute Gasteiger partial charge is 0.258 e. The van der Waals surface area contributed by atoms with Crippen LogP contribution in [0.2, 0.25) is 0 Å². The lowest BCUT2D eigenvalue weighted by Crippen LogP contribution is -2.27. The molecule has 1 aliphatic heterocycles. The fourth-order valence-corrected chi connectivity index (χ4v) is 4.14. The van der Waals surface area contributed by atoms with Crippen LogP contribution in [0.15, 0.2) is 35.7 Å². The van der Waals surface area contributed by atoms with Crippen LogP contribution in [-0.2, 0) is 0 Å². The van der Waals surface area contributed by atoms with Crippen molar-refractivity contribution < 1.29 is 4.74 Å². The molecule has 32 heavy (non-hydrogen) atoms. The standard InChI is InChI=1S/C22H30N8OS/c1-3-23-19-25-20(29-12-8-4-5-9-13-29)27-21(26-19)30-16-24-22(28-30)32-15-14-31-18-11-7-6-10-17(18)2/h6-7,10-11,16H,3-5,8-9,12-15H2,1-2H3,(H,23,25,26,27). The lowest BCUT2D eigenvalue weighted by molar-refractivity contribution is 0.341. The van der Waals surface area contributed by atoms with E-state index in [1.807, 2.05) is 38.1 Å². The number of aryl methyl sites for hydroxylation is 1. The third-order valence-electron chi connectivity index (χ3n) is 5.18. The van der Waals surface area contributed by atoms with Crippen molar-refractivity contribution in [2.75, 3.05) is 42.2 Å². The summed E-state index contributed by atoms with van der Waals surface area (Å²) in [6.07, 6.45) is 6.48. The molecule has 10 heteroatoms. The molecule has 0 radical (unpaired) electrons. The molecular weight excluding hydrogens is 424 g/mol. The highest BCUT2D eigenvalue weighted by molar-refractivity contribution is 7.99. The molecule has 1 aromatic carbocycles. The van der Waals surface area contributed by atoms with Crippen molar-refractivity contribution in [2.45, 2.75) is 44.7 Å². The fraction of sp³-hybridized carbons (Fsp3) is 0.500. The quantitative estimate of drug-likeness (QED) is 0.383. The maximum Gasteiger partial charge on any atom is 0.258 e. The van der Waals surface area contributed by atoms with E-state index in [-0.39, 0.29) is 0 Å². The molecule has 1 aliphatic rings. The van der Waals surface area contributed by atoms with Crippen molar-refractivity contribution in [1.29, 1.82) is 0 Å². The fourth-order valence-electron chi connectivity index (χ4n) is 3.52. The van der Waals surface area contributed by atoms with Crippen molar-refractivity contribution >= 4 is 23.7 Å². The van der Waals surface area contributed by atoms with Crippen molar-refractivity contribution in [1.82, 2.24) is 29.7 Å². The Bertz CT molecular complexity index is 1000. The largest absolute Gasteiger partial charge is 0.492 e. The minimum atomic E-state index is 0.478. The van der Waals surface area contributed by atoms with E-state index in [1.54, 1.807) is 22.8 Å². The molecule has 0 atom stereocenters. The highest BCUT2D eigenvalue weighted by Gasteiger charge is 2.17. The van der Waals surface area contributed by atoms with E-state index in [9.17, 15) is 0 Å². The van der Waals surface area contributed by atoms with Gasteiger partial charge in [-0.15, -0.1) is 5.10 Å². The molecular formula is C22H30N8OS. The summed E-state index contributed by atoms with van der Waals surface area (Å²) in [5.41, 5.74) is 1.13. The second kappa shape index (κ2) is 11.1. The Labute approximate surface area is 193 Å². The van der Waals surface area contributed by atoms with Crippen molar-refractivity contribution in [3.8, 4) is 11.7 Å². The molecule has 3 heterocycles. The molecule has 0 bridgehead atoms. The number of ether oxygens (including phenoxy) is 1. The Morgan fingerprint density at radius 3 is 2.59 bits per heavy atom. The van der Waals surface area contributed by atoms with Gasteiger partial charge < -0.3 is 15.0 Å². The first kappa shape index (κ1) is 22.3. The summed E-state index contributed by atoms with van der Waals surface area (Å²) in [5, 5.41) is 8.44. The van der Waals surface area contributed by atoms with Gasteiger partial charge in [-0.3, -0.25) is 0 Å². The maximum absolute atomic E-state index is 5.86. The SMILES string of the molecule is CCNc1nc(N2CCCCCC2)nc(-n2cnc(SCCOc3ccccc3C)n2)n1. The Morgan fingerprint density at radius 2 is 1.81 bits per heavy atom. The molecule has 4 rings (SSSR count). The van der Waals surface area contributed by atoms with Gasteiger partial charge in [-0.2, -0.15) is 19.6 Å². The van der Waals surface area contributed by atoms with E-state index in [2.05, 4.69) is 30.3 Å². The Balaban J connectivity index is 1.42. The second-order valence-corrected chi connectivity index (χ2v) is 8.69. The van der Waals surface area contributed by atoms with Gasteiger partial charge in [0.05, 0.1) is 6.61 Å². The second-order valence-electron chi connectivity index (χ2n) is 7.62. The molecule has 0 amide bonds. The monoisotopic (exact) mass is 454 g/mol. The first-order chi connectivity index (χ1) is 15.7. The van der Waals surface area contributed by atoms with Crippen LogP contribution in [0.4, 0.5) is 11.9 Å². The Kier molecular flexibility index (Phi) is 7.76. The Hall–Kier alpha value is -2.88. The molecule has 3 aromatic rings. The molecule has 0 spiro atoms. The van der Waals surface area contributed by atoms with E-state index < -0.39 is 0 Å². The van der Waals surface area contributed by atoms with E-state index >= 15 is 0 Å². The highest BCUT2D eigenvalue weighted by Crippen LogP contribution is 2.20. The minimum Gasteiger partial charge on any atom is -0.492 e. The van der Waals surface area contributed by atoms with Crippen LogP contribution in [0.25, 0.3) is 5.95 Å². The molecule has 0 saturated carbocycles. The molecule has 0 aliphatic carbocycles. The molecule has 1 fully saturated rings. The van der Waals surface area contributed by atoms with Crippen molar-refractivity contribution in [2.24, 2.45) is 0 Å². The number of hydrogen-bond donors (Lipinski definition) is 1. The number of benzene rings is 1. The van der Waals surface area contributed by atoms with Gasteiger partial charge in [-0.25, -0.2) is 4.98 Å². The number of para-hydroxylation sites is 1. The van der Waals surface area contributed by atoms with Crippen LogP contribution >= 0.6 is 11.8 Å². The number of nitrogens with zero attached hydrogens (tertiary/aromatic N) is 7. The molecule has 170 valence electrons. The van der Waals surface area contributed by atoms with E-state index in [4.69, 9.17) is 9.72 Å². The van der Waals surface area contributed by atoms with Gasteiger partial charge in [0.15, 0.2) is 0 Å². The van der Waals surface area contributed by atoms with Gasteiger partial charge in [0.2, 0.25) is 17.1 Å². The van der Waals surface area contributed by atoms with Crippen LogP contribution in [0, 0.1) is 6.92 Å². The van der Waals surface area contributed by atoms with Crippen LogP contribution in [0.3, 0.4) is 0 Å². The van der Waals surface area contributed by atoms with Gasteiger partial charge in [0, 0.05) is 25.4 Å². The highest BCUT2D eigenvalue weighted by atomic mass is 32.2. The summed E-state index contributed by atoms with van der Waals surface area (Å²) >= 11 is 1.55. The van der Waals surface area contributed by atoms with E-state index in [0.29, 0.717) is 29.6 Å². The third kappa shape index (κ3) is 5.87. The summed E-state index contributed by atoms with van der Waals surface area (Å²) in [4.78, 5) is 20.5. The number of aromatic nitrogens is 6. The first-order valence-electron chi connectivity index (χ1n) is 11.2. The maximum atomic E-state index is 5.86. The summed E-state index contributed by atoms with van der Waals surface area (Å²) in [6, 6.07) is 8.02. The first-order valence-corrected chi connectivity index (χ1v) is 12.2. The van der Waals surface area contributed by atoms with Gasteiger partial charge >= 0.3 is 0 Å². The third-order valence-corrected chi connectivity index (χ3v) is 5.99. The van der Waals surface area contributed by atoms with Crippen molar-refractivity contribution in [3.63, 3.8) is 0 Å². The predicted molar refractivity (Wildman–Crippen MR) is 127 cm³/mol. The zero-order valence-corrected chi connectivity index (χ0v) is 19.5. The average Bonchev–Trinajstić information content (AvgIpc) is 3.11. The van der Waals surface area contributed by atoms with Gasteiger partial charge in [-0.1, -0.05) is 42.8 Å². The summed E-state index contributed by atoms with van der Waals surface area (Å²) in [6.45, 7) is 7.32. The van der Waals surface area contributed by atoms with Crippen molar-refractivity contribution in [3.05, 3.63) is 36.2 Å². The summed E-state index contributed by atoms with van der Waals surface area (Å²) in [5.74, 6) is 3.40. The molecule has 1 saturated heterocycles. The zero-order chi connectivity index (χ0) is 22.2. The van der Waals surface area contributed by atoms with Gasteiger partial charge in [-0.05, 0) is 38.3 Å². The van der Waals surface area contributed by atoms with E-state index in [0.717, 1.165) is 49.5 Å². The average molecular weight is 455 g/mol. The van der Waals surface area contributed by atoms with Gasteiger partial charge in [0.25, 0.3) is 5.95 Å². The number of thioether (sulfide) groups is 1. The minimum absolute atomic E-state index is 0.478. The zero-order valence-electron chi connectivity index (χ0n) is 18.7. The molecule has 9 nitrogen and oxygen atoms in total. The number of hydrogen-bond acceptors (Lipinski definition) is 9. The van der Waals surface area contributed by atoms with Crippen LogP contribution < -0.4 is 15.0 Å². The van der Waals surface area contributed by atoms with Crippen LogP contribution in [0.1, 0.15) is 38.2 Å². The van der Waals surface area contributed by atoms with E-state index in [1.165, 1.54) is 12.8 Å². The predicted octanol–water partition coefficient (Wildman–Crippen LogP) is 3.74. The topological polar surface area (TPSA) is 93.9 Å². The normalized spacial score (nSPS) is 14.2. The lowest BCUT2D eigenvalue weighted by Gasteiger charge is -2.20. The van der Waals surface area contributed by atoms with Crippen LogP contribution in [-0.4, -0.2) is 61.7 Å². The lowest BCUT2D eigenvalue weighted by atomic mass is 10.2. The summed E-state index contributed by atoms with van der Waals surface area (Å²) in [7, 11) is 0. The number of anilines is 2. The van der Waals surface area contributed by atoms with Gasteiger partial charge in [0.1, 0.15) is 12.1 Å². The molecule has 0 unspecified atom stereocenters. The number of nitrogens with one attached hydrogen (secondary N) is 1.